The van der Waals surface area contributed by atoms with Crippen LogP contribution in [-0.4, -0.2) is 32.0 Å². The largest absolute Gasteiger partial charge is 0.352 e. The van der Waals surface area contributed by atoms with Crippen LogP contribution in [0.3, 0.4) is 0 Å². The number of fused-ring (bicyclic) bond motifs is 1. The van der Waals surface area contributed by atoms with Crippen LogP contribution in [0.4, 0.5) is 0 Å². The van der Waals surface area contributed by atoms with E-state index in [0.717, 1.165) is 35.5 Å². The van der Waals surface area contributed by atoms with Gasteiger partial charge in [0.05, 0.1) is 28.7 Å². The van der Waals surface area contributed by atoms with Crippen LogP contribution in [0.15, 0.2) is 91.5 Å². The van der Waals surface area contributed by atoms with Gasteiger partial charge in [-0.15, -0.1) is 0 Å². The lowest BCUT2D eigenvalue weighted by Gasteiger charge is -2.12. The van der Waals surface area contributed by atoms with Gasteiger partial charge in [0.2, 0.25) is 0 Å². The summed E-state index contributed by atoms with van der Waals surface area (Å²) >= 11 is 6.25. The average molecular weight is 468 g/mol. The first kappa shape index (κ1) is 21.8. The highest BCUT2D eigenvalue weighted by Crippen LogP contribution is 2.32. The number of aryl methyl sites for hydroxylation is 1. The normalized spacial score (nSPS) is 11.0. The first-order chi connectivity index (χ1) is 16.7. The molecule has 0 aliphatic rings. The topological polar surface area (TPSA) is 72.7 Å². The molecule has 0 atom stereocenters. The quantitative estimate of drug-likeness (QED) is 0.315. The van der Waals surface area contributed by atoms with E-state index >= 15 is 0 Å². The Morgan fingerprint density at radius 2 is 1.68 bits per heavy atom. The molecule has 3 aromatic carbocycles. The van der Waals surface area contributed by atoms with Gasteiger partial charge in [-0.2, -0.15) is 0 Å². The lowest BCUT2D eigenvalue weighted by molar-refractivity contribution is 0.0953. The van der Waals surface area contributed by atoms with Crippen molar-refractivity contribution in [2.75, 3.05) is 6.54 Å². The highest BCUT2D eigenvalue weighted by Gasteiger charge is 2.15. The Bertz CT molecular complexity index is 1430. The molecule has 7 heteroatoms. The van der Waals surface area contributed by atoms with E-state index in [9.17, 15) is 4.79 Å². The summed E-state index contributed by atoms with van der Waals surface area (Å²) in [5, 5.41) is 3.62. The van der Waals surface area contributed by atoms with Crippen molar-refractivity contribution in [3.8, 4) is 22.5 Å². The second-order valence-corrected chi connectivity index (χ2v) is 8.35. The predicted octanol–water partition coefficient (Wildman–Crippen LogP) is 5.63. The monoisotopic (exact) mass is 467 g/mol. The van der Waals surface area contributed by atoms with Crippen molar-refractivity contribution in [3.05, 3.63) is 102 Å². The van der Waals surface area contributed by atoms with Crippen molar-refractivity contribution in [1.82, 2.24) is 24.8 Å². The number of benzene rings is 3. The summed E-state index contributed by atoms with van der Waals surface area (Å²) in [6.07, 6.45) is 6.24. The number of hydrogen-bond acceptors (Lipinski definition) is 4. The number of nitrogens with one attached hydrogen (secondary N) is 1. The number of rotatable bonds is 7. The number of hydrogen-bond donors (Lipinski definition) is 1. The van der Waals surface area contributed by atoms with Gasteiger partial charge in [0.1, 0.15) is 0 Å². The third-order valence-electron chi connectivity index (χ3n) is 5.51. The van der Waals surface area contributed by atoms with Crippen LogP contribution in [0.2, 0.25) is 5.02 Å². The van der Waals surface area contributed by atoms with Gasteiger partial charge >= 0.3 is 0 Å². The van der Waals surface area contributed by atoms with Crippen LogP contribution < -0.4 is 5.32 Å². The standard InChI is InChI=1S/C27H22ClN5O/c28-22-9-4-8-20(16-22)26-25(19-6-2-1-3-7-19)32-24-17-21(10-11-23(24)31-26)27(34)30-12-5-14-33-15-13-29-18-33/h1-4,6-11,13,15-18H,5,12,14H2,(H,30,34). The molecule has 1 amide bonds. The smallest absolute Gasteiger partial charge is 0.251 e. The van der Waals surface area contributed by atoms with Gasteiger partial charge in [0, 0.05) is 47.2 Å². The summed E-state index contributed by atoms with van der Waals surface area (Å²) in [5.74, 6) is -0.130. The summed E-state index contributed by atoms with van der Waals surface area (Å²) in [4.78, 5) is 26.6. The summed E-state index contributed by atoms with van der Waals surface area (Å²) in [5.41, 5.74) is 5.26. The zero-order chi connectivity index (χ0) is 23.3. The Hall–Kier alpha value is -4.03. The van der Waals surface area contributed by atoms with Crippen molar-refractivity contribution in [2.45, 2.75) is 13.0 Å². The molecule has 5 aromatic rings. The van der Waals surface area contributed by atoms with Crippen molar-refractivity contribution < 1.29 is 4.79 Å². The van der Waals surface area contributed by atoms with E-state index in [2.05, 4.69) is 10.3 Å². The fourth-order valence-corrected chi connectivity index (χ4v) is 4.00. The minimum Gasteiger partial charge on any atom is -0.352 e. The zero-order valence-corrected chi connectivity index (χ0v) is 19.1. The van der Waals surface area contributed by atoms with E-state index < -0.39 is 0 Å². The number of carbonyl (C=O) groups excluding carboxylic acids is 1. The van der Waals surface area contributed by atoms with Crippen LogP contribution in [0, 0.1) is 0 Å². The van der Waals surface area contributed by atoms with Crippen LogP contribution in [0.5, 0.6) is 0 Å². The number of imidazole rings is 1. The molecule has 2 heterocycles. The van der Waals surface area contributed by atoms with Crippen LogP contribution >= 0.6 is 11.6 Å². The molecule has 0 radical (unpaired) electrons. The van der Waals surface area contributed by atoms with E-state index in [1.54, 1.807) is 24.7 Å². The maximum Gasteiger partial charge on any atom is 0.251 e. The highest BCUT2D eigenvalue weighted by atomic mass is 35.5. The summed E-state index contributed by atoms with van der Waals surface area (Å²) in [6.45, 7) is 1.37. The minimum absolute atomic E-state index is 0.130. The second-order valence-electron chi connectivity index (χ2n) is 7.91. The zero-order valence-electron chi connectivity index (χ0n) is 18.4. The van der Waals surface area contributed by atoms with Gasteiger partial charge in [-0.05, 0) is 36.8 Å². The first-order valence-corrected chi connectivity index (χ1v) is 11.4. The molecule has 6 nitrogen and oxygen atoms in total. The van der Waals surface area contributed by atoms with Gasteiger partial charge < -0.3 is 9.88 Å². The van der Waals surface area contributed by atoms with E-state index in [1.165, 1.54) is 0 Å². The molecule has 0 saturated heterocycles. The molecule has 2 aromatic heterocycles. The molecule has 0 unspecified atom stereocenters. The Kier molecular flexibility index (Phi) is 6.31. The van der Waals surface area contributed by atoms with Crippen molar-refractivity contribution in [1.29, 1.82) is 0 Å². The fraction of sp³-hybridized carbons (Fsp3) is 0.111. The molecule has 34 heavy (non-hydrogen) atoms. The van der Waals surface area contributed by atoms with E-state index in [4.69, 9.17) is 21.6 Å². The fourth-order valence-electron chi connectivity index (χ4n) is 3.81. The van der Waals surface area contributed by atoms with E-state index in [-0.39, 0.29) is 5.91 Å². The van der Waals surface area contributed by atoms with E-state index in [0.29, 0.717) is 28.2 Å². The highest BCUT2D eigenvalue weighted by molar-refractivity contribution is 6.30. The van der Waals surface area contributed by atoms with Crippen molar-refractivity contribution in [2.24, 2.45) is 0 Å². The number of halogens is 1. The average Bonchev–Trinajstić information content (AvgIpc) is 3.39. The number of nitrogens with zero attached hydrogens (tertiary/aromatic N) is 4. The van der Waals surface area contributed by atoms with Gasteiger partial charge in [0.25, 0.3) is 5.91 Å². The van der Waals surface area contributed by atoms with Gasteiger partial charge in [-0.25, -0.2) is 15.0 Å². The Labute approximate surface area is 202 Å². The molecule has 1 N–H and O–H groups in total. The van der Waals surface area contributed by atoms with Crippen LogP contribution in [0.25, 0.3) is 33.5 Å². The first-order valence-electron chi connectivity index (χ1n) is 11.0. The maximum atomic E-state index is 12.7. The molecule has 0 saturated carbocycles. The number of amides is 1. The third-order valence-corrected chi connectivity index (χ3v) is 5.74. The summed E-state index contributed by atoms with van der Waals surface area (Å²) in [7, 11) is 0. The second kappa shape index (κ2) is 9.85. The van der Waals surface area contributed by atoms with Crippen molar-refractivity contribution in [3.63, 3.8) is 0 Å². The Balaban J connectivity index is 1.45. The Morgan fingerprint density at radius 3 is 2.47 bits per heavy atom. The van der Waals surface area contributed by atoms with Crippen LogP contribution in [0.1, 0.15) is 16.8 Å². The lowest BCUT2D eigenvalue weighted by Crippen LogP contribution is -2.25. The van der Waals surface area contributed by atoms with Crippen molar-refractivity contribution >= 4 is 28.5 Å². The molecule has 0 aliphatic carbocycles. The lowest BCUT2D eigenvalue weighted by atomic mass is 10.0. The number of aromatic nitrogens is 4. The Morgan fingerprint density at radius 1 is 0.882 bits per heavy atom. The molecular formula is C27H22ClN5O. The molecule has 0 aliphatic heterocycles. The molecular weight excluding hydrogens is 446 g/mol. The molecule has 0 spiro atoms. The molecule has 0 fully saturated rings. The van der Waals surface area contributed by atoms with Gasteiger partial charge in [-0.3, -0.25) is 4.79 Å². The van der Waals surface area contributed by atoms with E-state index in [1.807, 2.05) is 71.4 Å². The summed E-state index contributed by atoms with van der Waals surface area (Å²) in [6, 6.07) is 22.9. The summed E-state index contributed by atoms with van der Waals surface area (Å²) < 4.78 is 1.99. The minimum atomic E-state index is -0.130. The molecule has 168 valence electrons. The van der Waals surface area contributed by atoms with Crippen LogP contribution in [-0.2, 0) is 6.54 Å². The van der Waals surface area contributed by atoms with Gasteiger partial charge in [0.15, 0.2) is 0 Å². The number of carbonyl (C=O) groups is 1. The third kappa shape index (κ3) is 4.82. The van der Waals surface area contributed by atoms with Gasteiger partial charge in [-0.1, -0.05) is 54.1 Å². The molecule has 5 rings (SSSR count). The SMILES string of the molecule is O=C(NCCCn1ccnc1)c1ccc2nc(-c3cccc(Cl)c3)c(-c3ccccc3)nc2c1. The maximum absolute atomic E-state index is 12.7. The molecule has 0 bridgehead atoms. The predicted molar refractivity (Wildman–Crippen MR) is 135 cm³/mol.